The summed E-state index contributed by atoms with van der Waals surface area (Å²) in [6, 6.07) is 0. The molecule has 0 unspecified atom stereocenters. The molecule has 0 aromatic rings. The number of rotatable bonds is 2. The summed E-state index contributed by atoms with van der Waals surface area (Å²) in [7, 11) is 3.27. The van der Waals surface area contributed by atoms with E-state index < -0.39 is 0 Å². The minimum absolute atomic E-state index is 0.170. The van der Waals surface area contributed by atoms with Crippen molar-refractivity contribution in [3.63, 3.8) is 0 Å². The lowest BCUT2D eigenvalue weighted by Gasteiger charge is -1.84. The molecule has 0 heterocycles. The van der Waals surface area contributed by atoms with Crippen LogP contribution >= 0.6 is 0 Å². The topological polar surface area (TPSA) is 32.3 Å². The van der Waals surface area contributed by atoms with Crippen LogP contribution in [-0.4, -0.2) is 18.3 Å². The Morgan fingerprint density at radius 3 is 2.40 bits per heavy atom. The molecule has 0 spiro atoms. The molecule has 0 aliphatic rings. The van der Waals surface area contributed by atoms with Crippen LogP contribution in [0.3, 0.4) is 0 Å². The maximum absolute atomic E-state index is 7.96. The molecule has 0 saturated carbocycles. The van der Waals surface area contributed by atoms with Crippen LogP contribution in [0, 0.1) is 7.05 Å². The molecular weight excluding hydrogens is 66.0 g/mol. The molecule has 0 saturated heterocycles. The van der Waals surface area contributed by atoms with Gasteiger partial charge < -0.3 is 10.4 Å². The van der Waals surface area contributed by atoms with Crippen molar-refractivity contribution in [2.24, 2.45) is 0 Å². The van der Waals surface area contributed by atoms with Gasteiger partial charge in [0.1, 0.15) is 0 Å². The molecule has 0 rings (SSSR count). The summed E-state index contributed by atoms with van der Waals surface area (Å²) in [6.45, 7) is 0.753. The minimum atomic E-state index is 0.170. The van der Waals surface area contributed by atoms with Crippen molar-refractivity contribution >= 4 is 0 Å². The molecule has 0 bridgehead atoms. The van der Waals surface area contributed by atoms with Gasteiger partial charge in [-0.3, -0.25) is 0 Å². The second-order valence-electron chi connectivity index (χ2n) is 0.724. The minimum Gasteiger partial charge on any atom is -0.395 e. The molecule has 2 N–H and O–H groups in total. The van der Waals surface area contributed by atoms with Gasteiger partial charge in [0.25, 0.3) is 0 Å². The summed E-state index contributed by atoms with van der Waals surface area (Å²) in [6.07, 6.45) is 0. The zero-order chi connectivity index (χ0) is 4.12. The highest BCUT2D eigenvalue weighted by molar-refractivity contribution is 4.33. The summed E-state index contributed by atoms with van der Waals surface area (Å²) in [5.41, 5.74) is 0. The van der Waals surface area contributed by atoms with Crippen LogP contribution in [0.1, 0.15) is 0 Å². The first-order valence-electron chi connectivity index (χ1n) is 1.52. The van der Waals surface area contributed by atoms with Crippen LogP contribution < -0.4 is 5.32 Å². The molecule has 0 aliphatic carbocycles. The van der Waals surface area contributed by atoms with Gasteiger partial charge in [0.15, 0.2) is 0 Å². The summed E-state index contributed by atoms with van der Waals surface area (Å²) in [5, 5.41) is 10.5. The van der Waals surface area contributed by atoms with E-state index in [1.165, 1.54) is 0 Å². The molecule has 0 aliphatic heterocycles. The van der Waals surface area contributed by atoms with Gasteiger partial charge in [-0.15, -0.1) is 0 Å². The molecule has 2 heteroatoms. The molecule has 1 radical (unpaired) electrons. The normalized spacial score (nSPS) is 8.40. The number of hydrogen-bond donors (Lipinski definition) is 2. The second kappa shape index (κ2) is 3.92. The van der Waals surface area contributed by atoms with Crippen LogP contribution in [0.4, 0.5) is 0 Å². The van der Waals surface area contributed by atoms with Gasteiger partial charge in [-0.1, -0.05) is 0 Å². The molecular formula is C3H8NO. The van der Waals surface area contributed by atoms with E-state index in [-0.39, 0.29) is 6.61 Å². The Bertz CT molecular complexity index is 14.4. The molecule has 31 valence electrons. The fraction of sp³-hybridized carbons (Fsp3) is 0.667. The number of nitrogens with one attached hydrogen (secondary N) is 1. The van der Waals surface area contributed by atoms with Gasteiger partial charge >= 0.3 is 0 Å². The average Bonchev–Trinajstić information content (AvgIpc) is 1.41. The SMILES string of the molecule is [CH2]NCCO. The molecule has 5 heavy (non-hydrogen) atoms. The monoisotopic (exact) mass is 74.1 g/mol. The highest BCUT2D eigenvalue weighted by atomic mass is 16.3. The average molecular weight is 74.1 g/mol. The summed E-state index contributed by atoms with van der Waals surface area (Å²) < 4.78 is 0. The Hall–Kier alpha value is -0.0800. The number of aliphatic hydroxyl groups excluding tert-OH is 1. The Labute approximate surface area is 31.8 Å². The van der Waals surface area contributed by atoms with Crippen molar-refractivity contribution in [3.8, 4) is 0 Å². The number of aliphatic hydroxyl groups is 1. The van der Waals surface area contributed by atoms with Crippen molar-refractivity contribution in [1.29, 1.82) is 0 Å². The lowest BCUT2D eigenvalue weighted by atomic mass is 10.7. The van der Waals surface area contributed by atoms with Gasteiger partial charge in [0.05, 0.1) is 6.61 Å². The van der Waals surface area contributed by atoms with Crippen LogP contribution in [0.5, 0.6) is 0 Å². The highest BCUT2D eigenvalue weighted by Crippen LogP contribution is 1.44. The van der Waals surface area contributed by atoms with E-state index in [1.807, 2.05) is 0 Å². The fourth-order valence-electron chi connectivity index (χ4n) is 0.0791. The largest absolute Gasteiger partial charge is 0.395 e. The van der Waals surface area contributed by atoms with Crippen molar-refractivity contribution in [2.75, 3.05) is 13.2 Å². The lowest BCUT2D eigenvalue weighted by Crippen LogP contribution is -2.07. The second-order valence-corrected chi connectivity index (χ2v) is 0.724. The Morgan fingerprint density at radius 1 is 1.80 bits per heavy atom. The predicted molar refractivity (Wildman–Crippen MR) is 20.4 cm³/mol. The van der Waals surface area contributed by atoms with Crippen molar-refractivity contribution in [3.05, 3.63) is 7.05 Å². The van der Waals surface area contributed by atoms with Crippen LogP contribution in [-0.2, 0) is 0 Å². The first kappa shape index (κ1) is 4.92. The van der Waals surface area contributed by atoms with Crippen molar-refractivity contribution in [1.82, 2.24) is 5.32 Å². The molecule has 2 nitrogen and oxygen atoms in total. The predicted octanol–water partition coefficient (Wildman–Crippen LogP) is -0.640. The van der Waals surface area contributed by atoms with E-state index in [4.69, 9.17) is 5.11 Å². The summed E-state index contributed by atoms with van der Waals surface area (Å²) in [5.74, 6) is 0. The maximum atomic E-state index is 7.96. The fourth-order valence-corrected chi connectivity index (χ4v) is 0.0791. The first-order valence-corrected chi connectivity index (χ1v) is 1.52. The van der Waals surface area contributed by atoms with E-state index in [1.54, 1.807) is 0 Å². The first-order chi connectivity index (χ1) is 2.41. The molecule has 0 aromatic carbocycles. The van der Waals surface area contributed by atoms with E-state index >= 15 is 0 Å². The van der Waals surface area contributed by atoms with Crippen molar-refractivity contribution in [2.45, 2.75) is 0 Å². The summed E-state index contributed by atoms with van der Waals surface area (Å²) >= 11 is 0. The third-order valence-corrected chi connectivity index (χ3v) is 0.289. The lowest BCUT2D eigenvalue weighted by molar-refractivity contribution is 0.298. The Morgan fingerprint density at radius 2 is 2.40 bits per heavy atom. The summed E-state index contributed by atoms with van der Waals surface area (Å²) in [4.78, 5) is 0. The van der Waals surface area contributed by atoms with E-state index in [9.17, 15) is 0 Å². The van der Waals surface area contributed by atoms with E-state index in [0.717, 1.165) is 0 Å². The highest BCUT2D eigenvalue weighted by Gasteiger charge is 1.66. The smallest absolute Gasteiger partial charge is 0.0555 e. The van der Waals surface area contributed by atoms with E-state index in [2.05, 4.69) is 12.4 Å². The third-order valence-electron chi connectivity index (χ3n) is 0.289. The van der Waals surface area contributed by atoms with Gasteiger partial charge in [-0.05, 0) is 0 Å². The standard InChI is InChI=1S/C3H8NO/c1-4-2-3-5/h4-5H,1-3H2. The van der Waals surface area contributed by atoms with Gasteiger partial charge in [-0.25, -0.2) is 0 Å². The number of hydrogen-bond acceptors (Lipinski definition) is 2. The zero-order valence-corrected chi connectivity index (χ0v) is 3.07. The molecule has 0 amide bonds. The maximum Gasteiger partial charge on any atom is 0.0555 e. The van der Waals surface area contributed by atoms with Crippen molar-refractivity contribution < 1.29 is 5.11 Å². The van der Waals surface area contributed by atoms with Gasteiger partial charge in [0, 0.05) is 13.6 Å². The van der Waals surface area contributed by atoms with E-state index in [0.29, 0.717) is 6.54 Å². The van der Waals surface area contributed by atoms with Crippen LogP contribution in [0.25, 0.3) is 0 Å². The third kappa shape index (κ3) is 3.92. The van der Waals surface area contributed by atoms with Crippen LogP contribution in [0.15, 0.2) is 0 Å². The Kier molecular flexibility index (Phi) is 3.86. The van der Waals surface area contributed by atoms with Gasteiger partial charge in [-0.2, -0.15) is 0 Å². The quantitative estimate of drug-likeness (QED) is 0.456. The zero-order valence-electron chi connectivity index (χ0n) is 3.07. The molecule has 0 atom stereocenters. The molecule has 0 fully saturated rings. The van der Waals surface area contributed by atoms with Crippen LogP contribution in [0.2, 0.25) is 0 Å². The Balaban J connectivity index is 2.19. The van der Waals surface area contributed by atoms with Gasteiger partial charge in [0.2, 0.25) is 0 Å². The molecule has 0 aromatic heterocycles.